The van der Waals surface area contributed by atoms with Gasteiger partial charge < -0.3 is 15.2 Å². The second-order valence-electron chi connectivity index (χ2n) is 3.28. The van der Waals surface area contributed by atoms with Crippen LogP contribution in [0.15, 0.2) is 16.6 Å². The van der Waals surface area contributed by atoms with Crippen LogP contribution in [0.3, 0.4) is 0 Å². The summed E-state index contributed by atoms with van der Waals surface area (Å²) in [6.45, 7) is 2.54. The predicted octanol–water partition coefficient (Wildman–Crippen LogP) is 2.75. The van der Waals surface area contributed by atoms with Crippen LogP contribution in [-0.4, -0.2) is 20.8 Å². The van der Waals surface area contributed by atoms with E-state index in [-0.39, 0.29) is 0 Å². The summed E-state index contributed by atoms with van der Waals surface area (Å²) in [5.74, 6) is 1.42. The molecule has 0 saturated carbocycles. The Kier molecular flexibility index (Phi) is 4.83. The average Bonchev–Trinajstić information content (AvgIpc) is 2.30. The van der Waals surface area contributed by atoms with E-state index in [9.17, 15) is 0 Å². The second kappa shape index (κ2) is 5.92. The number of benzene rings is 1. The van der Waals surface area contributed by atoms with E-state index < -0.39 is 0 Å². The van der Waals surface area contributed by atoms with Crippen LogP contribution < -0.4 is 15.2 Å². The number of nitrogens with two attached hydrogens (primary N) is 1. The molecule has 0 aliphatic heterocycles. The van der Waals surface area contributed by atoms with Crippen molar-refractivity contribution in [3.05, 3.63) is 27.7 Å². The summed E-state index contributed by atoms with van der Waals surface area (Å²) < 4.78 is 11.5. The van der Waals surface area contributed by atoms with Gasteiger partial charge in [0.15, 0.2) is 11.5 Å². The zero-order valence-electron chi connectivity index (χ0n) is 9.71. The first-order chi connectivity index (χ1) is 7.65. The van der Waals surface area contributed by atoms with Gasteiger partial charge >= 0.3 is 0 Å². The second-order valence-corrected chi connectivity index (χ2v) is 4.07. The zero-order chi connectivity index (χ0) is 12.1. The van der Waals surface area contributed by atoms with Gasteiger partial charge in [0.1, 0.15) is 0 Å². The third-order valence-electron chi connectivity index (χ3n) is 2.33. The molecular formula is C12H16BrNO2. The number of halogens is 1. The molecule has 0 atom stereocenters. The van der Waals surface area contributed by atoms with Crippen molar-refractivity contribution in [2.75, 3.05) is 20.8 Å². The van der Waals surface area contributed by atoms with Crippen molar-refractivity contribution in [3.63, 3.8) is 0 Å². The molecule has 0 bridgehead atoms. The van der Waals surface area contributed by atoms with E-state index >= 15 is 0 Å². The molecule has 0 heterocycles. The van der Waals surface area contributed by atoms with Crippen LogP contribution in [0.1, 0.15) is 11.1 Å². The van der Waals surface area contributed by atoms with Gasteiger partial charge in [0.05, 0.1) is 18.7 Å². The molecule has 0 radical (unpaired) electrons. The molecule has 0 aromatic heterocycles. The lowest BCUT2D eigenvalue weighted by Gasteiger charge is -2.13. The van der Waals surface area contributed by atoms with Crippen LogP contribution in [0.4, 0.5) is 0 Å². The quantitative estimate of drug-likeness (QED) is 0.925. The highest BCUT2D eigenvalue weighted by atomic mass is 79.9. The van der Waals surface area contributed by atoms with Crippen molar-refractivity contribution in [1.29, 1.82) is 0 Å². The van der Waals surface area contributed by atoms with Crippen molar-refractivity contribution >= 4 is 22.0 Å². The third kappa shape index (κ3) is 2.57. The van der Waals surface area contributed by atoms with Crippen LogP contribution in [0.2, 0.25) is 0 Å². The van der Waals surface area contributed by atoms with E-state index in [0.29, 0.717) is 18.0 Å². The van der Waals surface area contributed by atoms with Crippen LogP contribution in [-0.2, 0) is 0 Å². The van der Waals surface area contributed by atoms with Crippen molar-refractivity contribution in [2.45, 2.75) is 6.92 Å². The molecule has 1 rings (SSSR count). The average molecular weight is 286 g/mol. The molecule has 16 heavy (non-hydrogen) atoms. The smallest absolute Gasteiger partial charge is 0.175 e. The van der Waals surface area contributed by atoms with Crippen LogP contribution in [0.25, 0.3) is 6.08 Å². The molecular weight excluding hydrogens is 270 g/mol. The Labute approximate surface area is 104 Å². The first kappa shape index (κ1) is 13.1. The molecule has 0 aliphatic rings. The Balaban J connectivity index is 3.32. The summed E-state index contributed by atoms with van der Waals surface area (Å²) in [4.78, 5) is 0. The van der Waals surface area contributed by atoms with E-state index in [0.717, 1.165) is 15.6 Å². The minimum Gasteiger partial charge on any atom is -0.493 e. The van der Waals surface area contributed by atoms with Crippen LogP contribution in [0.5, 0.6) is 11.5 Å². The number of methoxy groups -OCH3 is 2. The Morgan fingerprint density at radius 1 is 1.38 bits per heavy atom. The molecule has 0 fully saturated rings. The van der Waals surface area contributed by atoms with Gasteiger partial charge in [-0.3, -0.25) is 0 Å². The largest absolute Gasteiger partial charge is 0.493 e. The lowest BCUT2D eigenvalue weighted by molar-refractivity contribution is 0.352. The highest BCUT2D eigenvalue weighted by Gasteiger charge is 2.13. The topological polar surface area (TPSA) is 44.5 Å². The predicted molar refractivity (Wildman–Crippen MR) is 70.1 cm³/mol. The normalized spacial score (nSPS) is 10.8. The van der Waals surface area contributed by atoms with Crippen molar-refractivity contribution in [1.82, 2.24) is 0 Å². The Hall–Kier alpha value is -1.00. The molecule has 1 aromatic carbocycles. The Morgan fingerprint density at radius 2 is 2.06 bits per heavy atom. The molecule has 0 unspecified atom stereocenters. The number of rotatable bonds is 4. The fraction of sp³-hybridized carbons (Fsp3) is 0.333. The van der Waals surface area contributed by atoms with Crippen LogP contribution in [0, 0.1) is 6.92 Å². The summed E-state index contributed by atoms with van der Waals surface area (Å²) in [6, 6.07) is 1.94. The SMILES string of the molecule is COc1cc(/C=C/CN)c(C)c(Br)c1OC. The Bertz CT molecular complexity index is 402. The molecule has 0 aliphatic carbocycles. The first-order valence-electron chi connectivity index (χ1n) is 4.93. The van der Waals surface area contributed by atoms with Crippen LogP contribution >= 0.6 is 15.9 Å². The Morgan fingerprint density at radius 3 is 2.56 bits per heavy atom. The van der Waals surface area contributed by atoms with Gasteiger partial charge in [0.2, 0.25) is 0 Å². The molecule has 1 aromatic rings. The van der Waals surface area contributed by atoms with E-state index in [4.69, 9.17) is 15.2 Å². The monoisotopic (exact) mass is 285 g/mol. The van der Waals surface area contributed by atoms with E-state index in [2.05, 4.69) is 15.9 Å². The van der Waals surface area contributed by atoms with Crippen molar-refractivity contribution in [3.8, 4) is 11.5 Å². The number of ether oxygens (including phenoxy) is 2. The molecule has 88 valence electrons. The number of hydrogen-bond acceptors (Lipinski definition) is 3. The molecule has 2 N–H and O–H groups in total. The van der Waals surface area contributed by atoms with Gasteiger partial charge in [-0.1, -0.05) is 12.2 Å². The maximum Gasteiger partial charge on any atom is 0.175 e. The van der Waals surface area contributed by atoms with Gasteiger partial charge in [0, 0.05) is 6.54 Å². The minimum atomic E-state index is 0.519. The summed E-state index contributed by atoms with van der Waals surface area (Å²) in [6.07, 6.45) is 3.88. The standard InChI is InChI=1S/C12H16BrNO2/c1-8-9(5-4-6-14)7-10(15-2)12(16-3)11(8)13/h4-5,7H,6,14H2,1-3H3/b5-4+. The van der Waals surface area contributed by atoms with Crippen molar-refractivity contribution < 1.29 is 9.47 Å². The third-order valence-corrected chi connectivity index (χ3v) is 3.28. The van der Waals surface area contributed by atoms with Gasteiger partial charge in [-0.25, -0.2) is 0 Å². The molecule has 0 spiro atoms. The van der Waals surface area contributed by atoms with Gasteiger partial charge in [-0.2, -0.15) is 0 Å². The highest BCUT2D eigenvalue weighted by Crippen LogP contribution is 2.39. The first-order valence-corrected chi connectivity index (χ1v) is 5.72. The summed E-state index contributed by atoms with van der Waals surface area (Å²) in [7, 11) is 3.24. The van der Waals surface area contributed by atoms with Gasteiger partial charge in [-0.15, -0.1) is 0 Å². The maximum absolute atomic E-state index is 5.44. The lowest BCUT2D eigenvalue weighted by atomic mass is 10.1. The summed E-state index contributed by atoms with van der Waals surface area (Å²) in [5.41, 5.74) is 7.60. The molecule has 0 saturated heterocycles. The molecule has 3 nitrogen and oxygen atoms in total. The fourth-order valence-electron chi connectivity index (χ4n) is 1.43. The minimum absolute atomic E-state index is 0.519. The van der Waals surface area contributed by atoms with Crippen molar-refractivity contribution in [2.24, 2.45) is 5.73 Å². The molecule has 0 amide bonds. The zero-order valence-corrected chi connectivity index (χ0v) is 11.3. The lowest BCUT2D eigenvalue weighted by Crippen LogP contribution is -1.96. The van der Waals surface area contributed by atoms with E-state index in [1.165, 1.54) is 0 Å². The van der Waals surface area contributed by atoms with E-state index in [1.54, 1.807) is 14.2 Å². The van der Waals surface area contributed by atoms with Gasteiger partial charge in [-0.05, 0) is 40.0 Å². The summed E-state index contributed by atoms with van der Waals surface area (Å²) >= 11 is 3.50. The number of hydrogen-bond donors (Lipinski definition) is 1. The molecule has 4 heteroatoms. The summed E-state index contributed by atoms with van der Waals surface area (Å²) in [5, 5.41) is 0. The van der Waals surface area contributed by atoms with Gasteiger partial charge in [0.25, 0.3) is 0 Å². The van der Waals surface area contributed by atoms with E-state index in [1.807, 2.05) is 25.1 Å². The maximum atomic E-state index is 5.44. The highest BCUT2D eigenvalue weighted by molar-refractivity contribution is 9.10. The fourth-order valence-corrected chi connectivity index (χ4v) is 2.02.